The first-order valence-electron chi connectivity index (χ1n) is 5.13. The second-order valence-corrected chi connectivity index (χ2v) is 3.81. The molecule has 0 saturated heterocycles. The van der Waals surface area contributed by atoms with Gasteiger partial charge >= 0.3 is 0 Å². The maximum absolute atomic E-state index is 5.82. The van der Waals surface area contributed by atoms with Crippen molar-refractivity contribution >= 4 is 0 Å². The number of para-hydroxylation sites is 1. The fourth-order valence-corrected chi connectivity index (χ4v) is 1.91. The largest absolute Gasteiger partial charge is 0.439 e. The first-order chi connectivity index (χ1) is 7.33. The van der Waals surface area contributed by atoms with Crippen LogP contribution in [0.5, 0.6) is 11.6 Å². The van der Waals surface area contributed by atoms with Gasteiger partial charge in [-0.05, 0) is 25.0 Å². The van der Waals surface area contributed by atoms with E-state index in [9.17, 15) is 0 Å². The summed E-state index contributed by atoms with van der Waals surface area (Å²) < 4.78 is 7.75. The monoisotopic (exact) mass is 200 g/mol. The number of hydrogen-bond donors (Lipinski definition) is 0. The molecule has 0 unspecified atom stereocenters. The molecule has 3 rings (SSSR count). The van der Waals surface area contributed by atoms with Crippen LogP contribution in [-0.4, -0.2) is 9.78 Å². The average Bonchev–Trinajstić information content (AvgIpc) is 2.49. The van der Waals surface area contributed by atoms with E-state index in [4.69, 9.17) is 4.74 Å². The Morgan fingerprint density at radius 2 is 2.20 bits per heavy atom. The number of nitrogens with zero attached hydrogens (tertiary/aromatic N) is 2. The molecule has 2 aromatic rings. The van der Waals surface area contributed by atoms with Crippen LogP contribution in [0.1, 0.15) is 11.3 Å². The van der Waals surface area contributed by atoms with Crippen LogP contribution < -0.4 is 4.74 Å². The molecule has 1 aliphatic rings. The van der Waals surface area contributed by atoms with Crippen molar-refractivity contribution in [2.24, 2.45) is 0 Å². The third-order valence-corrected chi connectivity index (χ3v) is 2.65. The van der Waals surface area contributed by atoms with Gasteiger partial charge < -0.3 is 4.74 Å². The van der Waals surface area contributed by atoms with Crippen molar-refractivity contribution in [3.63, 3.8) is 0 Å². The summed E-state index contributed by atoms with van der Waals surface area (Å²) in [7, 11) is 0. The Hall–Kier alpha value is -1.77. The highest BCUT2D eigenvalue weighted by Crippen LogP contribution is 2.29. The molecule has 0 aliphatic carbocycles. The number of ether oxygens (including phenoxy) is 1. The van der Waals surface area contributed by atoms with E-state index in [1.165, 1.54) is 5.56 Å². The molecule has 76 valence electrons. The van der Waals surface area contributed by atoms with E-state index in [1.807, 2.05) is 35.9 Å². The minimum atomic E-state index is 0.845. The lowest BCUT2D eigenvalue weighted by Crippen LogP contribution is -2.01. The molecule has 1 aromatic heterocycles. The summed E-state index contributed by atoms with van der Waals surface area (Å²) in [5.41, 5.74) is 2.25. The van der Waals surface area contributed by atoms with Gasteiger partial charge in [0.05, 0.1) is 5.69 Å². The highest BCUT2D eigenvalue weighted by molar-refractivity contribution is 5.37. The molecule has 3 heteroatoms. The van der Waals surface area contributed by atoms with Crippen LogP contribution in [0.25, 0.3) is 0 Å². The quantitative estimate of drug-likeness (QED) is 0.653. The number of benzene rings is 1. The molecule has 2 heterocycles. The molecule has 0 spiro atoms. The predicted molar refractivity (Wildman–Crippen MR) is 57.2 cm³/mol. The van der Waals surface area contributed by atoms with Crippen LogP contribution in [0.3, 0.4) is 0 Å². The molecule has 0 fully saturated rings. The lowest BCUT2D eigenvalue weighted by atomic mass is 10.1. The maximum Gasteiger partial charge on any atom is 0.218 e. The standard InChI is InChI=1S/C12H12N2O/c1-9-8-12-14(13-9)7-6-10-4-2-3-5-11(10)15-12/h2-5,8H,6-7H2,1H3. The van der Waals surface area contributed by atoms with E-state index in [1.54, 1.807) is 0 Å². The van der Waals surface area contributed by atoms with Crippen LogP contribution >= 0.6 is 0 Å². The molecule has 15 heavy (non-hydrogen) atoms. The van der Waals surface area contributed by atoms with Gasteiger partial charge in [0.1, 0.15) is 5.75 Å². The second-order valence-electron chi connectivity index (χ2n) is 3.81. The molecule has 3 nitrogen and oxygen atoms in total. The van der Waals surface area contributed by atoms with Crippen LogP contribution in [-0.2, 0) is 13.0 Å². The van der Waals surface area contributed by atoms with E-state index < -0.39 is 0 Å². The van der Waals surface area contributed by atoms with Gasteiger partial charge in [-0.15, -0.1) is 0 Å². The van der Waals surface area contributed by atoms with Crippen molar-refractivity contribution in [2.45, 2.75) is 19.9 Å². The van der Waals surface area contributed by atoms with Gasteiger partial charge in [0.2, 0.25) is 5.88 Å². The Balaban J connectivity index is 2.08. The fourth-order valence-electron chi connectivity index (χ4n) is 1.91. The summed E-state index contributed by atoms with van der Waals surface area (Å²) in [4.78, 5) is 0. The lowest BCUT2D eigenvalue weighted by molar-refractivity contribution is 0.428. The van der Waals surface area contributed by atoms with Crippen molar-refractivity contribution in [1.29, 1.82) is 0 Å². The van der Waals surface area contributed by atoms with E-state index in [2.05, 4.69) is 11.2 Å². The SMILES string of the molecule is Cc1cc2n(n1)CCc1ccccc1O2. The minimum absolute atomic E-state index is 0.845. The normalized spacial score (nSPS) is 13.7. The molecule has 0 N–H and O–H groups in total. The zero-order valence-corrected chi connectivity index (χ0v) is 8.60. The number of aryl methyl sites for hydroxylation is 3. The van der Waals surface area contributed by atoms with Gasteiger partial charge in [0.25, 0.3) is 0 Å². The van der Waals surface area contributed by atoms with Crippen LogP contribution in [0, 0.1) is 6.92 Å². The molecule has 0 radical (unpaired) electrons. The molecule has 1 aromatic carbocycles. The molecule has 0 bridgehead atoms. The molecule has 1 aliphatic heterocycles. The highest BCUT2D eigenvalue weighted by Gasteiger charge is 2.14. The molecular formula is C12H12N2O. The van der Waals surface area contributed by atoms with Crippen LogP contribution in [0.15, 0.2) is 30.3 Å². The summed E-state index contributed by atoms with van der Waals surface area (Å²) in [5, 5.41) is 4.39. The van der Waals surface area contributed by atoms with E-state index in [0.717, 1.165) is 30.3 Å². The molecule has 0 atom stereocenters. The van der Waals surface area contributed by atoms with Gasteiger partial charge in [0.15, 0.2) is 0 Å². The van der Waals surface area contributed by atoms with Crippen LogP contribution in [0.4, 0.5) is 0 Å². The minimum Gasteiger partial charge on any atom is -0.439 e. The van der Waals surface area contributed by atoms with Gasteiger partial charge in [0, 0.05) is 12.6 Å². The van der Waals surface area contributed by atoms with Crippen LogP contribution in [0.2, 0.25) is 0 Å². The summed E-state index contributed by atoms with van der Waals surface area (Å²) in [6, 6.07) is 10.1. The Bertz CT molecular complexity index is 502. The first-order valence-corrected chi connectivity index (χ1v) is 5.13. The van der Waals surface area contributed by atoms with E-state index in [0.29, 0.717) is 0 Å². The number of aromatic nitrogens is 2. The number of fused-ring (bicyclic) bond motifs is 2. The average molecular weight is 200 g/mol. The van der Waals surface area contributed by atoms with Gasteiger partial charge in [-0.25, -0.2) is 4.68 Å². The van der Waals surface area contributed by atoms with Crippen molar-refractivity contribution < 1.29 is 4.74 Å². The first kappa shape index (κ1) is 8.53. The fraction of sp³-hybridized carbons (Fsp3) is 0.250. The summed E-state index contributed by atoms with van der Waals surface area (Å²) >= 11 is 0. The molecule has 0 amide bonds. The smallest absolute Gasteiger partial charge is 0.218 e. The second kappa shape index (κ2) is 3.12. The maximum atomic E-state index is 5.82. The zero-order chi connectivity index (χ0) is 10.3. The topological polar surface area (TPSA) is 27.1 Å². The third kappa shape index (κ3) is 1.40. The Morgan fingerprint density at radius 3 is 3.13 bits per heavy atom. The molecular weight excluding hydrogens is 188 g/mol. The third-order valence-electron chi connectivity index (χ3n) is 2.65. The van der Waals surface area contributed by atoms with Crippen molar-refractivity contribution in [1.82, 2.24) is 9.78 Å². The van der Waals surface area contributed by atoms with Gasteiger partial charge in [-0.1, -0.05) is 18.2 Å². The summed E-state index contributed by atoms with van der Waals surface area (Å²) in [6.07, 6.45) is 0.976. The van der Waals surface area contributed by atoms with Crippen molar-refractivity contribution in [2.75, 3.05) is 0 Å². The number of hydrogen-bond acceptors (Lipinski definition) is 2. The van der Waals surface area contributed by atoms with Gasteiger partial charge in [-0.2, -0.15) is 5.10 Å². The summed E-state index contributed by atoms with van der Waals surface area (Å²) in [6.45, 7) is 2.87. The van der Waals surface area contributed by atoms with Gasteiger partial charge in [-0.3, -0.25) is 0 Å². The summed E-state index contributed by atoms with van der Waals surface area (Å²) in [5.74, 6) is 1.80. The Morgan fingerprint density at radius 1 is 1.33 bits per heavy atom. The molecule has 0 saturated carbocycles. The predicted octanol–water partition coefficient (Wildman–Crippen LogP) is 2.54. The Labute approximate surface area is 88.3 Å². The van der Waals surface area contributed by atoms with E-state index >= 15 is 0 Å². The number of rotatable bonds is 0. The van der Waals surface area contributed by atoms with Crippen molar-refractivity contribution in [3.05, 3.63) is 41.6 Å². The Kier molecular flexibility index (Phi) is 1.78. The highest BCUT2D eigenvalue weighted by atomic mass is 16.5. The van der Waals surface area contributed by atoms with Crippen molar-refractivity contribution in [3.8, 4) is 11.6 Å². The zero-order valence-electron chi connectivity index (χ0n) is 8.60. The lowest BCUT2D eigenvalue weighted by Gasteiger charge is -2.04. The van der Waals surface area contributed by atoms with E-state index in [-0.39, 0.29) is 0 Å².